The van der Waals surface area contributed by atoms with Crippen LogP contribution in [0.3, 0.4) is 0 Å². The fourth-order valence-corrected chi connectivity index (χ4v) is 9.71. The van der Waals surface area contributed by atoms with Gasteiger partial charge in [-0.05, 0) is 79.9 Å². The molecule has 0 amide bonds. The molecular weight excluding hydrogens is 577 g/mol. The van der Waals surface area contributed by atoms with Crippen LogP contribution < -0.4 is 0 Å². The predicted molar refractivity (Wildman–Crippen MR) is 127 cm³/mol. The maximum atomic E-state index is 7.50. The summed E-state index contributed by atoms with van der Waals surface area (Å²) in [6, 6.07) is 0. The van der Waals surface area contributed by atoms with E-state index in [0.29, 0.717) is 7.92 Å². The smallest absolute Gasteiger partial charge is 0 e. The molecule has 3 aliphatic carbocycles. The van der Waals surface area contributed by atoms with Crippen LogP contribution in [-0.2, 0) is 57.1 Å². The van der Waals surface area contributed by atoms with Gasteiger partial charge in [0.15, 0.2) is 0 Å². The third kappa shape index (κ3) is 24.1. The van der Waals surface area contributed by atoms with Crippen LogP contribution in [0, 0.1) is 33.3 Å². The Morgan fingerprint density at radius 3 is 0.765 bits per heavy atom. The molecule has 0 aromatic rings. The Balaban J connectivity index is -0.000000113. The fraction of sp³-hybridized carbons (Fsp3) is 0.750. The van der Waals surface area contributed by atoms with E-state index in [9.17, 15) is 0 Å². The summed E-state index contributed by atoms with van der Waals surface area (Å²) in [6.07, 6.45) is 23.6. The zero-order valence-electron chi connectivity index (χ0n) is 19.4. The minimum atomic E-state index is 0. The molecule has 0 heterocycles. The van der Waals surface area contributed by atoms with E-state index in [1.165, 1.54) is 36.2 Å². The molecule has 3 aliphatic rings. The Morgan fingerprint density at radius 1 is 0.471 bits per heavy atom. The molecule has 34 heavy (non-hydrogen) atoms. The normalized spacial score (nSPS) is 16.7. The molecule has 192 valence electrons. The van der Waals surface area contributed by atoms with Gasteiger partial charge in [-0.3, -0.25) is 0 Å². The molecule has 0 unspecified atom stereocenters. The predicted octanol–water partition coefficient (Wildman–Crippen LogP) is 7.29. The van der Waals surface area contributed by atoms with Gasteiger partial charge in [0, 0.05) is 38.2 Å². The van der Waals surface area contributed by atoms with Crippen molar-refractivity contribution in [2.45, 2.75) is 113 Å². The second-order valence-corrected chi connectivity index (χ2v) is 11.2. The summed E-state index contributed by atoms with van der Waals surface area (Å²) in [5.41, 5.74) is 3.57. The number of thiocarbonyl (C=S) groups is 2. The van der Waals surface area contributed by atoms with Gasteiger partial charge >= 0.3 is 56.5 Å². The second kappa shape index (κ2) is 43.4. The summed E-state index contributed by atoms with van der Waals surface area (Å²) in [5.74, 6) is 0. The molecule has 0 aromatic carbocycles. The summed E-state index contributed by atoms with van der Waals surface area (Å²) in [7, 11) is 0.385. The Morgan fingerprint density at radius 2 is 0.618 bits per heavy atom. The molecule has 0 spiro atoms. The molecule has 0 saturated heterocycles. The molecule has 5 nitrogen and oxygen atoms in total. The third-order valence-corrected chi connectivity index (χ3v) is 10.1. The SMILES string of the molecule is C1CCC(P(C2CCCCC2)C2CCCCC2)CC1.S=C=S.[C-]#[O+].[C-]#[O+].[C-]#[O+].[C-]#[O+].[C-]#[O+].[Co].[Mn]. The van der Waals surface area contributed by atoms with Gasteiger partial charge in [0.1, 0.15) is 0 Å². The van der Waals surface area contributed by atoms with Crippen LogP contribution in [-0.4, -0.2) is 21.3 Å². The van der Waals surface area contributed by atoms with E-state index in [0.717, 1.165) is 0 Å². The first kappa shape index (κ1) is 47.6. The molecule has 10 heteroatoms. The minimum Gasteiger partial charge on any atom is 0 e. The van der Waals surface area contributed by atoms with Crippen molar-refractivity contribution in [1.82, 2.24) is 0 Å². The Bertz CT molecular complexity index is 456. The third-order valence-electron chi connectivity index (χ3n) is 5.99. The van der Waals surface area contributed by atoms with E-state index in [2.05, 4.69) is 57.7 Å². The van der Waals surface area contributed by atoms with Crippen molar-refractivity contribution in [1.29, 1.82) is 0 Å². The van der Waals surface area contributed by atoms with Gasteiger partial charge in [-0.2, -0.15) is 0 Å². The van der Waals surface area contributed by atoms with Crippen molar-refractivity contribution in [3.8, 4) is 0 Å². The Hall–Kier alpha value is 0.376. The first-order valence-electron chi connectivity index (χ1n) is 10.7. The van der Waals surface area contributed by atoms with Crippen LogP contribution in [0.2, 0.25) is 0 Å². The Labute approximate surface area is 239 Å². The van der Waals surface area contributed by atoms with E-state index >= 15 is 0 Å². The minimum absolute atomic E-state index is 0. The maximum absolute atomic E-state index is 7.50. The van der Waals surface area contributed by atoms with Crippen molar-refractivity contribution < 1.29 is 57.1 Å². The molecule has 0 atom stereocenters. The summed E-state index contributed by atoms with van der Waals surface area (Å²) >= 11 is 7.92. The van der Waals surface area contributed by atoms with Crippen LogP contribution in [0.25, 0.3) is 0 Å². The van der Waals surface area contributed by atoms with Crippen molar-refractivity contribution in [2.75, 3.05) is 0 Å². The van der Waals surface area contributed by atoms with E-state index in [1.54, 1.807) is 77.0 Å². The summed E-state index contributed by atoms with van der Waals surface area (Å²) in [4.78, 5) is 0. The molecule has 0 N–H and O–H groups in total. The largest absolute Gasteiger partial charge is 0 e. The van der Waals surface area contributed by atoms with Crippen LogP contribution in [0.5, 0.6) is 0 Å². The van der Waals surface area contributed by atoms with Gasteiger partial charge in [0.25, 0.3) is 0 Å². The summed E-state index contributed by atoms with van der Waals surface area (Å²) < 4.78 is 39.4. The maximum Gasteiger partial charge on any atom is 0 e. The molecule has 3 rings (SSSR count). The number of hydrogen-bond acceptors (Lipinski definition) is 2. The zero-order valence-corrected chi connectivity index (χ0v) is 24.1. The van der Waals surface area contributed by atoms with E-state index in [1.807, 2.05) is 4.31 Å². The van der Waals surface area contributed by atoms with Gasteiger partial charge in [-0.25, -0.2) is 0 Å². The van der Waals surface area contributed by atoms with Crippen molar-refractivity contribution in [3.63, 3.8) is 0 Å². The van der Waals surface area contributed by atoms with E-state index in [-0.39, 0.29) is 33.8 Å². The standard InChI is InChI=1S/C18H33P.5CO.CS2.Co.Mn/c1-4-10-16(11-5-1)19(17-12-6-2-7-13-17)18-14-8-3-9-15-18;5*1-2;2-1-3;;/h16-18H,1-15H2;;;;;;;;. The first-order chi connectivity index (χ1) is 15.9. The molecule has 2 radical (unpaired) electrons. The topological polar surface area (TPSA) is 99.5 Å². The number of rotatable bonds is 3. The van der Waals surface area contributed by atoms with E-state index < -0.39 is 0 Å². The molecular formula is C24H33CoMnO5PS2. The fourth-order valence-electron chi connectivity index (χ4n) is 5.03. The molecule has 0 bridgehead atoms. The summed E-state index contributed by atoms with van der Waals surface area (Å²) in [5, 5.41) is 0. The van der Waals surface area contributed by atoms with E-state index in [4.69, 9.17) is 23.3 Å². The average Bonchev–Trinajstić information content (AvgIpc) is 2.92. The summed E-state index contributed by atoms with van der Waals surface area (Å²) in [6.45, 7) is 22.5. The van der Waals surface area contributed by atoms with Crippen molar-refractivity contribution in [3.05, 3.63) is 33.3 Å². The average molecular weight is 611 g/mol. The first-order valence-corrected chi connectivity index (χ1v) is 13.0. The van der Waals surface area contributed by atoms with Gasteiger partial charge < -0.3 is 0 Å². The second-order valence-electron chi connectivity index (χ2n) is 7.41. The van der Waals surface area contributed by atoms with Crippen LogP contribution in [0.4, 0.5) is 0 Å². The monoisotopic (exact) mass is 610 g/mol. The zero-order chi connectivity index (χ0) is 25.6. The van der Waals surface area contributed by atoms with Gasteiger partial charge in [0.2, 0.25) is 0 Å². The van der Waals surface area contributed by atoms with Gasteiger partial charge in [-0.15, -0.1) is 0 Å². The van der Waals surface area contributed by atoms with Crippen molar-refractivity contribution in [2.24, 2.45) is 0 Å². The number of hydrogen-bond donors (Lipinski definition) is 0. The van der Waals surface area contributed by atoms with Gasteiger partial charge in [-0.1, -0.05) is 65.7 Å². The van der Waals surface area contributed by atoms with Crippen LogP contribution >= 0.6 is 32.4 Å². The Kier molecular flexibility index (Phi) is 60.8. The quantitative estimate of drug-likeness (QED) is 0.110. The van der Waals surface area contributed by atoms with Crippen LogP contribution in [0.1, 0.15) is 96.3 Å². The molecule has 3 saturated carbocycles. The molecule has 3 fully saturated rings. The van der Waals surface area contributed by atoms with Crippen LogP contribution in [0.15, 0.2) is 0 Å². The molecule has 0 aliphatic heterocycles. The molecule has 0 aromatic heterocycles. The van der Waals surface area contributed by atoms with Gasteiger partial charge in [0.05, 0.1) is 0 Å². The van der Waals surface area contributed by atoms with Crippen molar-refractivity contribution >= 4 is 36.7 Å².